The molecule has 0 aliphatic carbocycles. The molecule has 10 aromatic rings. The van der Waals surface area contributed by atoms with Crippen molar-refractivity contribution in [1.29, 1.82) is 0 Å². The molecule has 4 aliphatic heterocycles. The van der Waals surface area contributed by atoms with E-state index < -0.39 is 18.7 Å². The molecule has 0 unspecified atom stereocenters. The first-order valence-electron chi connectivity index (χ1n) is 27.0. The standard InChI is InChI=1S/C70H59BGeN2S/c1-45(2)48-42-51(46(3)4)69(52(43-48)47(5)6)71-57-30-14-23-39-67(57)75-68-44-50(40-41-58(68)71)74-63-35-19-12-28-55(63)70(56-29-13-20-36-64(56)74)53-26-10-15-31-59(53)72(60-32-16-11-27-54(60)70)61-33-17-21-37-65(61)73(49-24-8-7-9-25-49)66-38-22-18-34-62(66)72/h7-47H,1-6H3. The van der Waals surface area contributed by atoms with Gasteiger partial charge in [0.15, 0.2) is 0 Å². The normalized spacial score (nSPS) is 15.0. The van der Waals surface area contributed by atoms with Gasteiger partial charge in [-0.3, -0.25) is 0 Å². The molecule has 0 bridgehead atoms. The van der Waals surface area contributed by atoms with Gasteiger partial charge in [-0.1, -0.05) is 71.9 Å². The Kier molecular flexibility index (Phi) is 10.9. The second-order valence-electron chi connectivity index (χ2n) is 22.0. The summed E-state index contributed by atoms with van der Waals surface area (Å²) in [6, 6.07) is 89.4. The van der Waals surface area contributed by atoms with E-state index in [1.54, 1.807) is 0 Å². The first-order chi connectivity index (χ1) is 36.7. The molecule has 0 N–H and O–H groups in total. The van der Waals surface area contributed by atoms with Gasteiger partial charge in [-0.25, -0.2) is 0 Å². The van der Waals surface area contributed by atoms with E-state index >= 15 is 0 Å². The van der Waals surface area contributed by atoms with Crippen molar-refractivity contribution in [2.75, 3.05) is 9.80 Å². The van der Waals surface area contributed by atoms with Crippen molar-refractivity contribution in [1.82, 2.24) is 0 Å². The Morgan fingerprint density at radius 2 is 0.813 bits per heavy atom. The average Bonchev–Trinajstić information content (AvgIpc) is 3.49. The van der Waals surface area contributed by atoms with Crippen LogP contribution in [-0.2, 0) is 5.41 Å². The van der Waals surface area contributed by atoms with Crippen molar-refractivity contribution >= 4 is 99.8 Å². The van der Waals surface area contributed by atoms with Gasteiger partial charge in [-0.15, -0.1) is 0 Å². The fourth-order valence-corrected chi connectivity index (χ4v) is 27.1. The molecule has 0 atom stereocenters. The molecule has 4 heterocycles. The first-order valence-corrected chi connectivity index (χ1v) is 32.1. The summed E-state index contributed by atoms with van der Waals surface area (Å²) in [5.41, 5.74) is 20.8. The summed E-state index contributed by atoms with van der Waals surface area (Å²) in [5.74, 6) is 1.22. The summed E-state index contributed by atoms with van der Waals surface area (Å²) in [6.45, 7) is 14.3. The minimum atomic E-state index is -3.87. The Morgan fingerprint density at radius 3 is 1.36 bits per heavy atom. The molecule has 4 aliphatic rings. The van der Waals surface area contributed by atoms with Crippen molar-refractivity contribution in [2.24, 2.45) is 0 Å². The summed E-state index contributed by atoms with van der Waals surface area (Å²) in [7, 11) is 0. The zero-order chi connectivity index (χ0) is 50.7. The molecule has 0 radical (unpaired) electrons. The molecule has 5 heteroatoms. The van der Waals surface area contributed by atoms with E-state index in [1.807, 2.05) is 11.8 Å². The van der Waals surface area contributed by atoms with E-state index in [4.69, 9.17) is 0 Å². The van der Waals surface area contributed by atoms with E-state index in [0.717, 1.165) is 0 Å². The van der Waals surface area contributed by atoms with Crippen LogP contribution in [0.4, 0.5) is 34.1 Å². The van der Waals surface area contributed by atoms with Gasteiger partial charge in [0.1, 0.15) is 0 Å². The number of para-hydroxylation sites is 5. The van der Waals surface area contributed by atoms with E-state index in [0.29, 0.717) is 17.8 Å². The van der Waals surface area contributed by atoms with Gasteiger partial charge in [0, 0.05) is 0 Å². The van der Waals surface area contributed by atoms with Crippen molar-refractivity contribution < 1.29 is 0 Å². The maximum Gasteiger partial charge on any atom is -0.0224 e. The van der Waals surface area contributed by atoms with Gasteiger partial charge in [-0.05, 0) is 34.4 Å². The van der Waals surface area contributed by atoms with Crippen LogP contribution < -0.4 is 43.8 Å². The Hall–Kier alpha value is -7.24. The van der Waals surface area contributed by atoms with Gasteiger partial charge >= 0.3 is 347 Å². The van der Waals surface area contributed by atoms with Crippen LogP contribution in [0.3, 0.4) is 0 Å². The van der Waals surface area contributed by atoms with E-state index in [2.05, 4.69) is 282 Å². The summed E-state index contributed by atoms with van der Waals surface area (Å²) in [6.07, 6.45) is 0. The Bertz CT molecular complexity index is 3740. The minimum absolute atomic E-state index is 0.120. The molecule has 2 nitrogen and oxygen atoms in total. The van der Waals surface area contributed by atoms with Gasteiger partial charge in [0.2, 0.25) is 0 Å². The van der Waals surface area contributed by atoms with Gasteiger partial charge in [0.25, 0.3) is 0 Å². The molecule has 0 saturated heterocycles. The fourth-order valence-electron chi connectivity index (χ4n) is 14.1. The summed E-state index contributed by atoms with van der Waals surface area (Å²) >= 11 is -1.94. The summed E-state index contributed by atoms with van der Waals surface area (Å²) in [4.78, 5) is 7.77. The van der Waals surface area contributed by atoms with Crippen molar-refractivity contribution in [3.63, 3.8) is 0 Å². The van der Waals surface area contributed by atoms with Crippen LogP contribution in [0.5, 0.6) is 0 Å². The van der Waals surface area contributed by atoms with Crippen molar-refractivity contribution in [3.05, 3.63) is 269 Å². The third-order valence-electron chi connectivity index (χ3n) is 17.2. The molecule has 75 heavy (non-hydrogen) atoms. The predicted molar refractivity (Wildman–Crippen MR) is 322 cm³/mol. The number of anilines is 6. The molecular weight excluding hydrogens is 984 g/mol. The van der Waals surface area contributed by atoms with Gasteiger partial charge in [-0.2, -0.15) is 0 Å². The van der Waals surface area contributed by atoms with Gasteiger partial charge in [0.05, 0.1) is 0 Å². The number of rotatable bonds is 6. The van der Waals surface area contributed by atoms with Crippen LogP contribution in [0.2, 0.25) is 0 Å². The van der Waals surface area contributed by atoms with Crippen molar-refractivity contribution in [3.8, 4) is 0 Å². The zero-order valence-electron chi connectivity index (χ0n) is 43.6. The summed E-state index contributed by atoms with van der Waals surface area (Å²) in [5, 5.41) is 0. The largest absolute Gasteiger partial charge is 0.0587 e. The second-order valence-corrected chi connectivity index (χ2v) is 30.8. The number of hydrogen-bond acceptors (Lipinski definition) is 3. The first kappa shape index (κ1) is 46.3. The van der Waals surface area contributed by atoms with Gasteiger partial charge < -0.3 is 0 Å². The smallest absolute Gasteiger partial charge is 0.0224 e. The zero-order valence-corrected chi connectivity index (χ0v) is 46.5. The number of fused-ring (bicyclic) bond motifs is 16. The van der Waals surface area contributed by atoms with E-state index in [1.165, 1.54) is 117 Å². The molecule has 0 saturated carbocycles. The SMILES string of the molecule is CC(C)c1cc(C(C)C)c(B2c3ccccc3Sc3cc(N4c5ccccc5C5(c6ccccc64)c4cccc[c]4[Ge]4([c]6ccccc6N(c6ccccc6)c6cccc[c]64)[c]4ccccc45)ccc32)c(C(C)C)c1. The number of benzene rings is 10. The van der Waals surface area contributed by atoms with Crippen LogP contribution in [0.15, 0.2) is 240 Å². The van der Waals surface area contributed by atoms with E-state index in [9.17, 15) is 0 Å². The topological polar surface area (TPSA) is 6.48 Å². The molecule has 0 amide bonds. The molecule has 2 spiro atoms. The third-order valence-corrected chi connectivity index (χ3v) is 28.7. The van der Waals surface area contributed by atoms with Crippen LogP contribution in [-0.4, -0.2) is 20.0 Å². The molecule has 14 rings (SSSR count). The van der Waals surface area contributed by atoms with Crippen molar-refractivity contribution in [2.45, 2.75) is 74.5 Å². The fraction of sp³-hybridized carbons (Fsp3) is 0.143. The van der Waals surface area contributed by atoms with Crippen LogP contribution in [0, 0.1) is 0 Å². The monoisotopic (exact) mass is 1040 g/mol. The molecule has 0 aromatic heterocycles. The number of hydrogen-bond donors (Lipinski definition) is 0. The van der Waals surface area contributed by atoms with Crippen LogP contribution in [0.25, 0.3) is 0 Å². The summed E-state index contributed by atoms with van der Waals surface area (Å²) < 4.78 is 5.94. The Labute approximate surface area is 450 Å². The quantitative estimate of drug-likeness (QED) is 0.153. The Morgan fingerprint density at radius 1 is 0.373 bits per heavy atom. The third kappa shape index (κ3) is 6.55. The van der Waals surface area contributed by atoms with E-state index in [-0.39, 0.29) is 6.71 Å². The Balaban J connectivity index is 1.00. The molecule has 0 fully saturated rings. The maximum atomic E-state index is 2.59. The maximum absolute atomic E-state index is 3.87. The second kappa shape index (κ2) is 17.7. The molecule has 362 valence electrons. The predicted octanol–water partition coefficient (Wildman–Crippen LogP) is 13.7. The number of nitrogens with zero attached hydrogens (tertiary/aromatic N) is 2. The van der Waals surface area contributed by atoms with Crippen LogP contribution >= 0.6 is 11.8 Å². The minimum Gasteiger partial charge on any atom is -0.0587 e. The average molecular weight is 1040 g/mol. The van der Waals surface area contributed by atoms with Crippen LogP contribution in [0.1, 0.15) is 98.2 Å². The molecule has 10 aromatic carbocycles. The molecular formula is C70H59BGeN2S.